The lowest BCUT2D eigenvalue weighted by molar-refractivity contribution is 0.295. The van der Waals surface area contributed by atoms with E-state index in [-0.39, 0.29) is 11.0 Å². The zero-order valence-corrected chi connectivity index (χ0v) is 20.0. The van der Waals surface area contributed by atoms with Crippen molar-refractivity contribution in [1.82, 2.24) is 4.98 Å². The first-order valence-electron chi connectivity index (χ1n) is 11.4. The monoisotopic (exact) mass is 447 g/mol. The van der Waals surface area contributed by atoms with Gasteiger partial charge in [0, 0.05) is 11.5 Å². The van der Waals surface area contributed by atoms with E-state index in [1.54, 1.807) is 0 Å². The first kappa shape index (κ1) is 20.4. The maximum atomic E-state index is 6.68. The number of benzene rings is 4. The van der Waals surface area contributed by atoms with E-state index in [4.69, 9.17) is 9.72 Å². The van der Waals surface area contributed by atoms with Crippen LogP contribution in [0.2, 0.25) is 0 Å². The topological polar surface area (TPSA) is 22.1 Å². The van der Waals surface area contributed by atoms with E-state index in [1.807, 2.05) is 12.3 Å². The Bertz CT molecular complexity index is 1430. The molecule has 0 saturated carbocycles. The number of ether oxygens (including phenoxy) is 1. The third kappa shape index (κ3) is 3.33. The lowest BCUT2D eigenvalue weighted by atomic mass is 9.92. The summed E-state index contributed by atoms with van der Waals surface area (Å²) in [4.78, 5) is 4.70. The molecule has 1 aliphatic heterocycles. The average Bonchev–Trinajstić information content (AvgIpc) is 3.24. The molecular formula is C30H26NOP. The molecule has 0 saturated heterocycles. The van der Waals surface area contributed by atoms with Crippen molar-refractivity contribution in [2.75, 3.05) is 0 Å². The molecule has 2 nitrogen and oxygen atoms in total. The Morgan fingerprint density at radius 1 is 0.758 bits per heavy atom. The van der Waals surface area contributed by atoms with Gasteiger partial charge in [-0.05, 0) is 70.0 Å². The largest absolute Gasteiger partial charge is 0.479 e. The summed E-state index contributed by atoms with van der Waals surface area (Å²) in [5.41, 5.74) is 3.62. The van der Waals surface area contributed by atoms with Gasteiger partial charge in [0.05, 0.1) is 5.69 Å². The van der Waals surface area contributed by atoms with E-state index in [0.29, 0.717) is 0 Å². The van der Waals surface area contributed by atoms with Gasteiger partial charge in [-0.3, -0.25) is 4.98 Å². The minimum absolute atomic E-state index is 0.0430. The highest BCUT2D eigenvalue weighted by atomic mass is 31.1. The second kappa shape index (κ2) is 7.68. The van der Waals surface area contributed by atoms with E-state index in [9.17, 15) is 0 Å². The summed E-state index contributed by atoms with van der Waals surface area (Å²) in [6.07, 6.45) is 1.87. The number of rotatable bonds is 2. The third-order valence-corrected chi connectivity index (χ3v) is 9.64. The van der Waals surface area contributed by atoms with Crippen molar-refractivity contribution in [3.63, 3.8) is 0 Å². The summed E-state index contributed by atoms with van der Waals surface area (Å²) >= 11 is 0. The van der Waals surface area contributed by atoms with Gasteiger partial charge < -0.3 is 4.74 Å². The highest BCUT2D eigenvalue weighted by Gasteiger charge is 2.44. The average molecular weight is 448 g/mol. The van der Waals surface area contributed by atoms with Crippen LogP contribution in [-0.4, -0.2) is 10.1 Å². The van der Waals surface area contributed by atoms with Crippen LogP contribution in [0.15, 0.2) is 97.2 Å². The van der Waals surface area contributed by atoms with Gasteiger partial charge in [0.15, 0.2) is 5.85 Å². The summed E-state index contributed by atoms with van der Waals surface area (Å²) < 4.78 is 6.68. The smallest absolute Gasteiger partial charge is 0.163 e. The normalized spacial score (nSPS) is 17.8. The van der Waals surface area contributed by atoms with Crippen LogP contribution < -0.4 is 10.0 Å². The highest BCUT2D eigenvalue weighted by molar-refractivity contribution is 7.68. The van der Waals surface area contributed by atoms with Crippen molar-refractivity contribution in [3.05, 3.63) is 103 Å². The Morgan fingerprint density at radius 2 is 1.42 bits per heavy atom. The molecule has 0 fully saturated rings. The van der Waals surface area contributed by atoms with Crippen molar-refractivity contribution in [2.45, 2.75) is 31.8 Å². The van der Waals surface area contributed by atoms with E-state index in [1.165, 1.54) is 38.0 Å². The molecular weight excluding hydrogens is 421 g/mol. The van der Waals surface area contributed by atoms with Gasteiger partial charge >= 0.3 is 0 Å². The van der Waals surface area contributed by atoms with Gasteiger partial charge in [-0.1, -0.05) is 87.5 Å². The molecule has 5 aromatic rings. The van der Waals surface area contributed by atoms with Gasteiger partial charge in [0.25, 0.3) is 0 Å². The maximum Gasteiger partial charge on any atom is 0.163 e. The van der Waals surface area contributed by atoms with E-state index >= 15 is 0 Å². The molecule has 2 atom stereocenters. The second-order valence-corrected chi connectivity index (χ2v) is 12.6. The Kier molecular flexibility index (Phi) is 4.75. The van der Waals surface area contributed by atoms with Crippen molar-refractivity contribution >= 4 is 34.8 Å². The molecule has 1 aromatic heterocycles. The maximum absolute atomic E-state index is 6.68. The Hall–Kier alpha value is -3.22. The highest BCUT2D eigenvalue weighted by Crippen LogP contribution is 2.66. The molecule has 2 heterocycles. The molecule has 33 heavy (non-hydrogen) atoms. The lowest BCUT2D eigenvalue weighted by Gasteiger charge is -2.32. The summed E-state index contributed by atoms with van der Waals surface area (Å²) in [6, 6.07) is 32.5. The van der Waals surface area contributed by atoms with Crippen molar-refractivity contribution in [1.29, 1.82) is 0 Å². The lowest BCUT2D eigenvalue weighted by Crippen LogP contribution is -2.21. The fraction of sp³-hybridized carbons (Fsp3) is 0.167. The Labute approximate surface area is 196 Å². The Balaban J connectivity index is 1.68. The summed E-state index contributed by atoms with van der Waals surface area (Å²) in [5.74, 6) is 0.958. The van der Waals surface area contributed by atoms with Crippen LogP contribution in [-0.2, 0) is 0 Å². The van der Waals surface area contributed by atoms with Crippen LogP contribution in [0.3, 0.4) is 0 Å². The van der Waals surface area contributed by atoms with Crippen LogP contribution >= 0.6 is 7.92 Å². The number of hydrogen-bond acceptors (Lipinski definition) is 2. The molecule has 6 rings (SSSR count). The molecule has 0 unspecified atom stereocenters. The number of hydrogen-bond donors (Lipinski definition) is 0. The molecule has 0 amide bonds. The molecule has 0 N–H and O–H groups in total. The molecule has 0 radical (unpaired) electrons. The first-order chi connectivity index (χ1) is 16.0. The zero-order chi connectivity index (χ0) is 22.6. The van der Waals surface area contributed by atoms with Crippen LogP contribution in [0.25, 0.3) is 32.7 Å². The predicted molar refractivity (Wildman–Crippen MR) is 141 cm³/mol. The van der Waals surface area contributed by atoms with Gasteiger partial charge in [-0.2, -0.15) is 0 Å². The van der Waals surface area contributed by atoms with Crippen LogP contribution in [0, 0.1) is 0 Å². The summed E-state index contributed by atoms with van der Waals surface area (Å²) in [7, 11) is -0.682. The molecule has 0 aliphatic carbocycles. The SMILES string of the molecule is CC(C)(C)[P@]1c2c(cccc2-c2c3ccccc3cc3ccccc23)O[C@@H]1c1ccccn1. The fourth-order valence-electron chi connectivity index (χ4n) is 5.06. The fourth-order valence-corrected chi connectivity index (χ4v) is 8.12. The molecule has 0 bridgehead atoms. The number of pyridine rings is 1. The predicted octanol–water partition coefficient (Wildman–Crippen LogP) is 8.05. The second-order valence-electron chi connectivity index (χ2n) is 9.61. The van der Waals surface area contributed by atoms with Gasteiger partial charge in [-0.25, -0.2) is 0 Å². The standard InChI is InChI=1S/C30H26NOP/c1-30(2,3)33-28-24(15-10-17-26(28)32-29(33)25-16-8-9-18-31-25)27-22-13-6-4-11-20(22)19-21-12-5-7-14-23(21)27/h4-19,29H,1-3H3/t29-,33+/m0/s1. The number of fused-ring (bicyclic) bond motifs is 3. The summed E-state index contributed by atoms with van der Waals surface area (Å²) in [5, 5.41) is 6.52. The summed E-state index contributed by atoms with van der Waals surface area (Å²) in [6.45, 7) is 7.02. The van der Waals surface area contributed by atoms with Gasteiger partial charge in [-0.15, -0.1) is 0 Å². The minimum Gasteiger partial charge on any atom is -0.479 e. The van der Waals surface area contributed by atoms with Crippen molar-refractivity contribution in [3.8, 4) is 16.9 Å². The first-order valence-corrected chi connectivity index (χ1v) is 12.8. The molecule has 4 aromatic carbocycles. The van der Waals surface area contributed by atoms with Crippen molar-refractivity contribution in [2.24, 2.45) is 0 Å². The van der Waals surface area contributed by atoms with E-state index in [0.717, 1.165) is 11.4 Å². The van der Waals surface area contributed by atoms with Gasteiger partial charge in [0.1, 0.15) is 5.75 Å². The van der Waals surface area contributed by atoms with Crippen molar-refractivity contribution < 1.29 is 4.74 Å². The number of aromatic nitrogens is 1. The van der Waals surface area contributed by atoms with E-state index < -0.39 is 7.92 Å². The van der Waals surface area contributed by atoms with Gasteiger partial charge in [0.2, 0.25) is 0 Å². The van der Waals surface area contributed by atoms with Crippen LogP contribution in [0.4, 0.5) is 0 Å². The molecule has 3 heteroatoms. The molecule has 162 valence electrons. The quantitative estimate of drug-likeness (QED) is 0.202. The minimum atomic E-state index is -0.682. The Morgan fingerprint density at radius 3 is 2.06 bits per heavy atom. The number of nitrogens with zero attached hydrogens (tertiary/aromatic N) is 1. The molecule has 0 spiro atoms. The van der Waals surface area contributed by atoms with E-state index in [2.05, 4.69) is 106 Å². The zero-order valence-electron chi connectivity index (χ0n) is 19.1. The molecule has 1 aliphatic rings. The van der Waals surface area contributed by atoms with Crippen LogP contribution in [0.5, 0.6) is 5.75 Å². The van der Waals surface area contributed by atoms with Crippen LogP contribution in [0.1, 0.15) is 32.3 Å². The third-order valence-electron chi connectivity index (χ3n) is 6.42.